The third-order valence-electron chi connectivity index (χ3n) is 6.57. The van der Waals surface area contributed by atoms with E-state index in [0.29, 0.717) is 26.2 Å². The molecule has 10 nitrogen and oxygen atoms in total. The SMILES string of the molecule is COCCOC1c2ccn3c(C)c(C)nc3c2NC(c2ccccc2)C1OCCCCCO[N+](=O)[O-]. The van der Waals surface area contributed by atoms with Gasteiger partial charge >= 0.3 is 0 Å². The highest BCUT2D eigenvalue weighted by atomic mass is 16.9. The van der Waals surface area contributed by atoms with Crippen LogP contribution >= 0.6 is 0 Å². The molecule has 0 aliphatic carbocycles. The Labute approximate surface area is 210 Å². The predicted octanol–water partition coefficient (Wildman–Crippen LogP) is 4.59. The maximum atomic E-state index is 10.3. The Hall–Kier alpha value is -3.21. The first-order valence-electron chi connectivity index (χ1n) is 12.3. The molecule has 3 unspecified atom stereocenters. The lowest BCUT2D eigenvalue weighted by atomic mass is 9.88. The molecule has 1 N–H and O–H groups in total. The van der Waals surface area contributed by atoms with Crippen molar-refractivity contribution in [2.45, 2.75) is 51.4 Å². The van der Waals surface area contributed by atoms with E-state index in [-0.39, 0.29) is 24.9 Å². The third kappa shape index (κ3) is 5.77. The van der Waals surface area contributed by atoms with Gasteiger partial charge in [-0.2, -0.15) is 0 Å². The van der Waals surface area contributed by atoms with Gasteiger partial charge in [0.15, 0.2) is 5.65 Å². The minimum atomic E-state index is -0.756. The second-order valence-electron chi connectivity index (χ2n) is 8.89. The largest absolute Gasteiger partial charge is 0.382 e. The number of pyridine rings is 1. The summed E-state index contributed by atoms with van der Waals surface area (Å²) in [5, 5.41) is 13.3. The lowest BCUT2D eigenvalue weighted by Crippen LogP contribution is -2.40. The first-order chi connectivity index (χ1) is 17.5. The van der Waals surface area contributed by atoms with Gasteiger partial charge < -0.3 is 28.8 Å². The maximum absolute atomic E-state index is 10.3. The number of aryl methyl sites for hydroxylation is 2. The van der Waals surface area contributed by atoms with Crippen LogP contribution in [-0.4, -0.2) is 54.1 Å². The number of aromatic nitrogens is 2. The molecule has 36 heavy (non-hydrogen) atoms. The summed E-state index contributed by atoms with van der Waals surface area (Å²) in [6.45, 7) is 5.58. The van der Waals surface area contributed by atoms with E-state index in [1.54, 1.807) is 7.11 Å². The minimum absolute atomic E-state index is 0.0971. The van der Waals surface area contributed by atoms with Crippen LogP contribution in [0.25, 0.3) is 5.65 Å². The summed E-state index contributed by atoms with van der Waals surface area (Å²) in [7, 11) is 1.66. The molecule has 3 atom stereocenters. The Morgan fingerprint density at radius 1 is 1.03 bits per heavy atom. The van der Waals surface area contributed by atoms with Crippen molar-refractivity contribution in [2.24, 2.45) is 0 Å². The van der Waals surface area contributed by atoms with Crippen molar-refractivity contribution < 1.29 is 24.1 Å². The Bertz CT molecular complexity index is 1150. The molecule has 1 aliphatic heterocycles. The molecule has 0 saturated carbocycles. The van der Waals surface area contributed by atoms with Crippen molar-refractivity contribution >= 4 is 11.3 Å². The van der Waals surface area contributed by atoms with Crippen LogP contribution in [0.2, 0.25) is 0 Å². The summed E-state index contributed by atoms with van der Waals surface area (Å²) in [4.78, 5) is 19.6. The number of nitrogens with zero attached hydrogens (tertiary/aromatic N) is 3. The van der Waals surface area contributed by atoms with Crippen molar-refractivity contribution in [1.82, 2.24) is 9.38 Å². The molecule has 4 rings (SSSR count). The molecular formula is C26H34N4O6. The second-order valence-corrected chi connectivity index (χ2v) is 8.89. The lowest BCUT2D eigenvalue weighted by Gasteiger charge is -2.40. The first-order valence-corrected chi connectivity index (χ1v) is 12.3. The van der Waals surface area contributed by atoms with E-state index >= 15 is 0 Å². The number of fused-ring (bicyclic) bond motifs is 3. The van der Waals surface area contributed by atoms with E-state index in [9.17, 15) is 10.1 Å². The molecule has 1 aliphatic rings. The second kappa shape index (κ2) is 12.2. The molecule has 194 valence electrons. The molecule has 3 heterocycles. The molecule has 0 bridgehead atoms. The van der Waals surface area contributed by atoms with Gasteiger partial charge in [0.1, 0.15) is 12.2 Å². The zero-order valence-corrected chi connectivity index (χ0v) is 21.0. The quantitative estimate of drug-likeness (QED) is 0.207. The number of anilines is 1. The van der Waals surface area contributed by atoms with E-state index in [1.165, 1.54) is 0 Å². The summed E-state index contributed by atoms with van der Waals surface area (Å²) in [6, 6.07) is 12.1. The van der Waals surface area contributed by atoms with Crippen molar-refractivity contribution in [3.05, 3.63) is 75.2 Å². The van der Waals surface area contributed by atoms with Gasteiger partial charge in [-0.3, -0.25) is 0 Å². The Morgan fingerprint density at radius 3 is 2.56 bits per heavy atom. The summed E-state index contributed by atoms with van der Waals surface area (Å²) in [5.41, 5.74) is 5.99. The zero-order chi connectivity index (χ0) is 25.5. The van der Waals surface area contributed by atoms with E-state index < -0.39 is 5.09 Å². The van der Waals surface area contributed by atoms with Gasteiger partial charge in [-0.1, -0.05) is 30.3 Å². The fourth-order valence-electron chi connectivity index (χ4n) is 4.63. The van der Waals surface area contributed by atoms with Crippen LogP contribution in [0.3, 0.4) is 0 Å². The molecule has 10 heteroatoms. The third-order valence-corrected chi connectivity index (χ3v) is 6.57. The van der Waals surface area contributed by atoms with Crippen molar-refractivity contribution in [3.8, 4) is 0 Å². The monoisotopic (exact) mass is 498 g/mol. The van der Waals surface area contributed by atoms with Crippen LogP contribution in [0, 0.1) is 24.0 Å². The molecule has 3 aromatic rings. The number of imidazole rings is 1. The number of benzene rings is 1. The normalized spacial score (nSPS) is 19.1. The molecule has 0 saturated heterocycles. The molecular weight excluding hydrogens is 464 g/mol. The molecule has 1 aromatic carbocycles. The van der Waals surface area contributed by atoms with E-state index in [0.717, 1.165) is 46.7 Å². The molecule has 0 fully saturated rings. The fourth-order valence-corrected chi connectivity index (χ4v) is 4.63. The smallest absolute Gasteiger partial charge is 0.294 e. The highest BCUT2D eigenvalue weighted by molar-refractivity contribution is 5.75. The van der Waals surface area contributed by atoms with Crippen molar-refractivity contribution in [1.29, 1.82) is 0 Å². The van der Waals surface area contributed by atoms with Gasteiger partial charge in [0.2, 0.25) is 0 Å². The molecule has 2 aromatic heterocycles. The van der Waals surface area contributed by atoms with Gasteiger partial charge in [-0.15, -0.1) is 10.1 Å². The van der Waals surface area contributed by atoms with Gasteiger partial charge in [-0.05, 0) is 44.7 Å². The zero-order valence-electron chi connectivity index (χ0n) is 21.0. The Kier molecular flexibility index (Phi) is 8.74. The lowest BCUT2D eigenvalue weighted by molar-refractivity contribution is -0.757. The summed E-state index contributed by atoms with van der Waals surface area (Å²) >= 11 is 0. The van der Waals surface area contributed by atoms with Crippen molar-refractivity contribution in [3.63, 3.8) is 0 Å². The van der Waals surface area contributed by atoms with Crippen LogP contribution < -0.4 is 5.32 Å². The topological polar surface area (TPSA) is 109 Å². The Morgan fingerprint density at radius 2 is 1.81 bits per heavy atom. The van der Waals surface area contributed by atoms with Gasteiger partial charge in [0.25, 0.3) is 5.09 Å². The standard InChI is InChI=1S/C26H34N4O6/c1-18-19(2)29-13-12-21-23(26(29)27-18)28-22(20-10-6-4-7-11-20)25(24(21)35-17-16-33-3)34-14-8-5-9-15-36-30(31)32/h4,6-7,10-13,22,24-25,28H,5,8-9,14-17H2,1-3H3. The first kappa shape index (κ1) is 25.9. The summed E-state index contributed by atoms with van der Waals surface area (Å²) in [5.74, 6) is 0. The molecule has 0 radical (unpaired) electrons. The summed E-state index contributed by atoms with van der Waals surface area (Å²) < 4.78 is 20.2. The predicted molar refractivity (Wildman–Crippen MR) is 135 cm³/mol. The van der Waals surface area contributed by atoms with Crippen LogP contribution in [0.15, 0.2) is 42.6 Å². The number of hydrogen-bond acceptors (Lipinski definition) is 8. The van der Waals surface area contributed by atoms with Crippen molar-refractivity contribution in [2.75, 3.05) is 38.9 Å². The van der Waals surface area contributed by atoms with E-state index in [1.807, 2.05) is 31.3 Å². The minimum Gasteiger partial charge on any atom is -0.382 e. The highest BCUT2D eigenvalue weighted by Gasteiger charge is 2.40. The van der Waals surface area contributed by atoms with Gasteiger partial charge in [0, 0.05) is 31.2 Å². The Balaban J connectivity index is 1.62. The number of unbranched alkanes of at least 4 members (excludes halogenated alkanes) is 2. The highest BCUT2D eigenvalue weighted by Crippen LogP contribution is 2.44. The average Bonchev–Trinajstić information content (AvgIpc) is 3.17. The molecule has 0 amide bonds. The summed E-state index contributed by atoms with van der Waals surface area (Å²) in [6.07, 6.45) is 3.53. The number of ether oxygens (including phenoxy) is 3. The number of nitrogens with one attached hydrogen (secondary N) is 1. The fraction of sp³-hybridized carbons (Fsp3) is 0.500. The van der Waals surface area contributed by atoms with Crippen LogP contribution in [-0.2, 0) is 19.0 Å². The maximum Gasteiger partial charge on any atom is 0.294 e. The average molecular weight is 499 g/mol. The number of rotatable bonds is 13. The number of methoxy groups -OCH3 is 1. The van der Waals surface area contributed by atoms with Crippen LogP contribution in [0.4, 0.5) is 5.69 Å². The van der Waals surface area contributed by atoms with Crippen LogP contribution in [0.5, 0.6) is 0 Å². The van der Waals surface area contributed by atoms with E-state index in [4.69, 9.17) is 19.2 Å². The number of hydrogen-bond donors (Lipinski definition) is 1. The van der Waals surface area contributed by atoms with Gasteiger partial charge in [0.05, 0.1) is 37.2 Å². The van der Waals surface area contributed by atoms with Crippen LogP contribution in [0.1, 0.15) is 53.9 Å². The van der Waals surface area contributed by atoms with Gasteiger partial charge in [-0.25, -0.2) is 4.98 Å². The molecule has 0 spiro atoms. The van der Waals surface area contributed by atoms with E-state index in [2.05, 4.69) is 39.7 Å².